The van der Waals surface area contributed by atoms with E-state index in [-0.39, 0.29) is 0 Å². The summed E-state index contributed by atoms with van der Waals surface area (Å²) in [7, 11) is 0. The fourth-order valence-corrected chi connectivity index (χ4v) is 3.50. The van der Waals surface area contributed by atoms with Gasteiger partial charge in [0.05, 0.1) is 11.4 Å². The molecule has 3 aromatic rings. The van der Waals surface area contributed by atoms with Crippen molar-refractivity contribution in [2.24, 2.45) is 0 Å². The molecule has 0 N–H and O–H groups in total. The van der Waals surface area contributed by atoms with Gasteiger partial charge in [-0.05, 0) is 34.6 Å². The van der Waals surface area contributed by atoms with Crippen LogP contribution in [0.15, 0.2) is 6.20 Å². The lowest BCUT2D eigenvalue weighted by molar-refractivity contribution is 0.634. The van der Waals surface area contributed by atoms with Crippen LogP contribution in [0.1, 0.15) is 28.9 Å². The van der Waals surface area contributed by atoms with Crippen LogP contribution in [0.5, 0.6) is 0 Å². The van der Waals surface area contributed by atoms with Crippen molar-refractivity contribution in [1.82, 2.24) is 19.2 Å². The van der Waals surface area contributed by atoms with Gasteiger partial charge in [0, 0.05) is 34.6 Å². The van der Waals surface area contributed by atoms with Gasteiger partial charge in [-0.1, -0.05) is 0 Å². The molecule has 0 spiro atoms. The molecule has 100 valence electrons. The Kier molecular flexibility index (Phi) is 2.74. The number of hydrogen-bond donors (Lipinski definition) is 0. The van der Waals surface area contributed by atoms with E-state index in [9.17, 15) is 0 Å². The number of thiazole rings is 1. The molecule has 5 heteroatoms. The lowest BCUT2D eigenvalue weighted by Gasteiger charge is -1.99. The first kappa shape index (κ1) is 12.4. The van der Waals surface area contributed by atoms with Crippen LogP contribution in [-0.4, -0.2) is 19.2 Å². The molecule has 3 aromatic heterocycles. The van der Waals surface area contributed by atoms with Gasteiger partial charge in [-0.15, -0.1) is 11.3 Å². The summed E-state index contributed by atoms with van der Waals surface area (Å²) < 4.78 is 4.22. The Bertz CT molecular complexity index is 760. The van der Waals surface area contributed by atoms with E-state index < -0.39 is 0 Å². The highest BCUT2D eigenvalue weighted by atomic mass is 32.1. The molecule has 0 bridgehead atoms. The third-order valence-corrected chi connectivity index (χ3v) is 4.80. The van der Waals surface area contributed by atoms with Gasteiger partial charge in [0.1, 0.15) is 0 Å². The molecule has 0 radical (unpaired) electrons. The predicted molar refractivity (Wildman–Crippen MR) is 78.9 cm³/mol. The van der Waals surface area contributed by atoms with Crippen LogP contribution in [0.3, 0.4) is 0 Å². The van der Waals surface area contributed by atoms with E-state index in [1.54, 1.807) is 11.3 Å². The summed E-state index contributed by atoms with van der Waals surface area (Å²) >= 11 is 1.74. The summed E-state index contributed by atoms with van der Waals surface area (Å²) in [5.41, 5.74) is 5.73. The van der Waals surface area contributed by atoms with Gasteiger partial charge in [-0.2, -0.15) is 5.10 Å². The molecule has 0 atom stereocenters. The summed E-state index contributed by atoms with van der Waals surface area (Å²) in [6.07, 6.45) is 2.13. The summed E-state index contributed by atoms with van der Waals surface area (Å²) in [5.74, 6) is 0. The second-order valence-corrected chi connectivity index (χ2v) is 6.07. The van der Waals surface area contributed by atoms with Crippen molar-refractivity contribution in [3.05, 3.63) is 28.2 Å². The quantitative estimate of drug-likeness (QED) is 0.716. The van der Waals surface area contributed by atoms with Crippen molar-refractivity contribution >= 4 is 16.3 Å². The zero-order valence-electron chi connectivity index (χ0n) is 12.0. The Hall–Kier alpha value is -1.62. The molecule has 0 aromatic carbocycles. The number of rotatable bonds is 2. The minimum Gasteiger partial charge on any atom is -0.294 e. The zero-order chi connectivity index (χ0) is 13.7. The number of aromatic nitrogens is 4. The van der Waals surface area contributed by atoms with Crippen molar-refractivity contribution in [2.45, 2.75) is 41.2 Å². The summed E-state index contributed by atoms with van der Waals surface area (Å²) in [6, 6.07) is 0. The second kappa shape index (κ2) is 4.20. The van der Waals surface area contributed by atoms with Crippen molar-refractivity contribution in [1.29, 1.82) is 0 Å². The first-order chi connectivity index (χ1) is 9.02. The topological polar surface area (TPSA) is 35.1 Å². The second-order valence-electron chi connectivity index (χ2n) is 4.88. The Morgan fingerprint density at radius 3 is 2.47 bits per heavy atom. The standard InChI is InChI=1S/C14H18N4S/c1-6-18-10(4)13(8(2)16-18)12-7-17-9(3)11(5)19-14(17)15-12/h7H,6H2,1-5H3. The lowest BCUT2D eigenvalue weighted by Crippen LogP contribution is -1.98. The SMILES string of the molecule is CCn1nc(C)c(-c2cn3c(C)c(C)sc3n2)c1C. The molecule has 3 rings (SSSR count). The third kappa shape index (κ3) is 1.72. The fraction of sp³-hybridized carbons (Fsp3) is 0.429. The summed E-state index contributed by atoms with van der Waals surface area (Å²) in [4.78, 5) is 7.15. The van der Waals surface area contributed by atoms with Gasteiger partial charge in [0.2, 0.25) is 0 Å². The van der Waals surface area contributed by atoms with E-state index in [0.717, 1.165) is 22.9 Å². The van der Waals surface area contributed by atoms with Crippen LogP contribution in [0.4, 0.5) is 0 Å². The minimum absolute atomic E-state index is 0.896. The van der Waals surface area contributed by atoms with Crippen LogP contribution in [0, 0.1) is 27.7 Å². The predicted octanol–water partition coefficient (Wildman–Crippen LogP) is 3.51. The molecule has 0 aliphatic heterocycles. The fourth-order valence-electron chi connectivity index (χ4n) is 2.55. The average Bonchev–Trinajstić information content (AvgIpc) is 2.96. The monoisotopic (exact) mass is 274 g/mol. The summed E-state index contributed by atoms with van der Waals surface area (Å²) in [5, 5.41) is 4.57. The van der Waals surface area contributed by atoms with Crippen LogP contribution >= 0.6 is 11.3 Å². The highest BCUT2D eigenvalue weighted by Crippen LogP contribution is 2.30. The van der Waals surface area contributed by atoms with Crippen molar-refractivity contribution < 1.29 is 0 Å². The van der Waals surface area contributed by atoms with Crippen LogP contribution in [-0.2, 0) is 6.54 Å². The van der Waals surface area contributed by atoms with Crippen molar-refractivity contribution in [2.75, 3.05) is 0 Å². The number of aryl methyl sites for hydroxylation is 4. The van der Waals surface area contributed by atoms with E-state index >= 15 is 0 Å². The maximum Gasteiger partial charge on any atom is 0.194 e. The van der Waals surface area contributed by atoms with E-state index in [0.29, 0.717) is 0 Å². The molecular formula is C14H18N4S. The van der Waals surface area contributed by atoms with Crippen LogP contribution < -0.4 is 0 Å². The van der Waals surface area contributed by atoms with Gasteiger partial charge >= 0.3 is 0 Å². The van der Waals surface area contributed by atoms with Gasteiger partial charge in [0.25, 0.3) is 0 Å². The zero-order valence-corrected chi connectivity index (χ0v) is 12.8. The maximum absolute atomic E-state index is 4.76. The molecule has 0 fully saturated rings. The molecule has 0 amide bonds. The molecule has 0 aliphatic carbocycles. The smallest absolute Gasteiger partial charge is 0.194 e. The van der Waals surface area contributed by atoms with Gasteiger partial charge in [-0.3, -0.25) is 9.08 Å². The van der Waals surface area contributed by atoms with Crippen LogP contribution in [0.2, 0.25) is 0 Å². The highest BCUT2D eigenvalue weighted by Gasteiger charge is 2.17. The van der Waals surface area contributed by atoms with E-state index in [4.69, 9.17) is 4.98 Å². The highest BCUT2D eigenvalue weighted by molar-refractivity contribution is 7.17. The molecule has 0 aliphatic rings. The van der Waals surface area contributed by atoms with E-state index in [2.05, 4.69) is 50.3 Å². The molecule has 0 saturated carbocycles. The summed E-state index contributed by atoms with van der Waals surface area (Å²) in [6.45, 7) is 11.5. The van der Waals surface area contributed by atoms with E-state index in [1.165, 1.54) is 21.8 Å². The third-order valence-electron chi connectivity index (χ3n) is 3.73. The minimum atomic E-state index is 0.896. The van der Waals surface area contributed by atoms with Gasteiger partial charge < -0.3 is 0 Å². The lowest BCUT2D eigenvalue weighted by atomic mass is 10.1. The average molecular weight is 274 g/mol. The Morgan fingerprint density at radius 1 is 1.16 bits per heavy atom. The Labute approximate surface area is 116 Å². The molecular weight excluding hydrogens is 256 g/mol. The first-order valence-corrected chi connectivity index (χ1v) is 7.34. The molecule has 3 heterocycles. The maximum atomic E-state index is 4.76. The van der Waals surface area contributed by atoms with Crippen molar-refractivity contribution in [3.8, 4) is 11.3 Å². The first-order valence-electron chi connectivity index (χ1n) is 6.52. The largest absolute Gasteiger partial charge is 0.294 e. The number of nitrogens with zero attached hydrogens (tertiary/aromatic N) is 4. The van der Waals surface area contributed by atoms with Crippen LogP contribution in [0.25, 0.3) is 16.2 Å². The van der Waals surface area contributed by atoms with Gasteiger partial charge in [0.15, 0.2) is 4.96 Å². The molecule has 0 saturated heterocycles. The van der Waals surface area contributed by atoms with Gasteiger partial charge in [-0.25, -0.2) is 4.98 Å². The molecule has 4 nitrogen and oxygen atoms in total. The number of fused-ring (bicyclic) bond motifs is 1. The Morgan fingerprint density at radius 2 is 1.89 bits per heavy atom. The number of imidazole rings is 1. The molecule has 0 unspecified atom stereocenters. The van der Waals surface area contributed by atoms with Crippen molar-refractivity contribution in [3.63, 3.8) is 0 Å². The number of hydrogen-bond acceptors (Lipinski definition) is 3. The Balaban J connectivity index is 2.22. The molecule has 19 heavy (non-hydrogen) atoms. The normalized spacial score (nSPS) is 11.6. The van der Waals surface area contributed by atoms with E-state index in [1.807, 2.05) is 4.68 Å².